The lowest BCUT2D eigenvalue weighted by atomic mass is 10.2. The highest BCUT2D eigenvalue weighted by molar-refractivity contribution is 6.31. The van der Waals surface area contributed by atoms with Crippen molar-refractivity contribution in [2.24, 2.45) is 0 Å². The predicted molar refractivity (Wildman–Crippen MR) is 72.1 cm³/mol. The topological polar surface area (TPSA) is 68.0 Å². The highest BCUT2D eigenvalue weighted by atomic mass is 35.5. The molecule has 0 aliphatic carbocycles. The zero-order valence-electron chi connectivity index (χ0n) is 10.7. The van der Waals surface area contributed by atoms with Crippen molar-refractivity contribution >= 4 is 17.6 Å². The first-order valence-corrected chi connectivity index (χ1v) is 6.36. The minimum absolute atomic E-state index is 0.194. The summed E-state index contributed by atoms with van der Waals surface area (Å²) in [7, 11) is 0. The average molecular weight is 280 g/mol. The van der Waals surface area contributed by atoms with Crippen LogP contribution < -0.4 is 0 Å². The van der Waals surface area contributed by atoms with Gasteiger partial charge in [-0.3, -0.25) is 0 Å². The van der Waals surface area contributed by atoms with Gasteiger partial charge in [0, 0.05) is 11.4 Å². The third kappa shape index (κ3) is 2.76. The monoisotopic (exact) mass is 279 g/mol. The highest BCUT2D eigenvalue weighted by Crippen LogP contribution is 2.20. The molecule has 0 bridgehead atoms. The standard InChI is InChI=1S/C13H14ClN3O2/c1-3-4-11-15-12(13(18)19)16-17(11)9-6-5-8(2)10(14)7-9/h5-7H,3-4H2,1-2H3,(H,18,19). The van der Waals surface area contributed by atoms with Crippen LogP contribution in [0.2, 0.25) is 5.02 Å². The zero-order valence-corrected chi connectivity index (χ0v) is 11.5. The van der Waals surface area contributed by atoms with Crippen LogP contribution in [0.4, 0.5) is 0 Å². The lowest BCUT2D eigenvalue weighted by Crippen LogP contribution is -2.04. The van der Waals surface area contributed by atoms with Crippen molar-refractivity contribution in [1.82, 2.24) is 14.8 Å². The average Bonchev–Trinajstić information content (AvgIpc) is 2.77. The number of carboxylic acids is 1. The van der Waals surface area contributed by atoms with Gasteiger partial charge in [0.2, 0.25) is 0 Å². The molecule has 0 radical (unpaired) electrons. The molecule has 0 saturated carbocycles. The fourth-order valence-electron chi connectivity index (χ4n) is 1.74. The molecule has 0 spiro atoms. The van der Waals surface area contributed by atoms with Crippen LogP contribution in [0.25, 0.3) is 5.69 Å². The van der Waals surface area contributed by atoms with Crippen molar-refractivity contribution in [3.63, 3.8) is 0 Å². The fraction of sp³-hybridized carbons (Fsp3) is 0.308. The van der Waals surface area contributed by atoms with E-state index in [1.807, 2.05) is 26.0 Å². The van der Waals surface area contributed by atoms with Gasteiger partial charge in [-0.15, -0.1) is 5.10 Å². The zero-order chi connectivity index (χ0) is 14.0. The van der Waals surface area contributed by atoms with Crippen LogP contribution in [0.15, 0.2) is 18.2 Å². The van der Waals surface area contributed by atoms with Gasteiger partial charge in [-0.1, -0.05) is 24.6 Å². The number of halogens is 1. The van der Waals surface area contributed by atoms with Gasteiger partial charge in [-0.25, -0.2) is 14.5 Å². The summed E-state index contributed by atoms with van der Waals surface area (Å²) in [6.07, 6.45) is 1.52. The third-order valence-electron chi connectivity index (χ3n) is 2.74. The number of aromatic nitrogens is 3. The van der Waals surface area contributed by atoms with Gasteiger partial charge < -0.3 is 5.11 Å². The Morgan fingerprint density at radius 2 is 2.21 bits per heavy atom. The molecule has 0 aliphatic rings. The second kappa shape index (κ2) is 5.40. The molecule has 6 heteroatoms. The van der Waals surface area contributed by atoms with Gasteiger partial charge in [0.05, 0.1) is 5.69 Å². The lowest BCUT2D eigenvalue weighted by Gasteiger charge is -2.06. The molecule has 5 nitrogen and oxygen atoms in total. The summed E-state index contributed by atoms with van der Waals surface area (Å²) in [4.78, 5) is 15.0. The van der Waals surface area contributed by atoms with Crippen LogP contribution in [0.5, 0.6) is 0 Å². The number of hydrogen-bond acceptors (Lipinski definition) is 3. The van der Waals surface area contributed by atoms with Gasteiger partial charge in [-0.2, -0.15) is 0 Å². The number of nitrogens with zero attached hydrogens (tertiary/aromatic N) is 3. The van der Waals surface area contributed by atoms with E-state index in [1.54, 1.807) is 6.07 Å². The molecule has 1 N–H and O–H groups in total. The Kier molecular flexibility index (Phi) is 3.85. The molecule has 1 aromatic carbocycles. The van der Waals surface area contributed by atoms with Gasteiger partial charge in [-0.05, 0) is 31.0 Å². The van der Waals surface area contributed by atoms with Gasteiger partial charge in [0.15, 0.2) is 0 Å². The van der Waals surface area contributed by atoms with Crippen molar-refractivity contribution < 1.29 is 9.90 Å². The Morgan fingerprint density at radius 1 is 1.47 bits per heavy atom. The normalized spacial score (nSPS) is 10.7. The quantitative estimate of drug-likeness (QED) is 0.934. The van der Waals surface area contributed by atoms with Crippen LogP contribution in [-0.2, 0) is 6.42 Å². The molecular formula is C13H14ClN3O2. The number of hydrogen-bond donors (Lipinski definition) is 1. The largest absolute Gasteiger partial charge is 0.475 e. The predicted octanol–water partition coefficient (Wildman–Crippen LogP) is 2.88. The van der Waals surface area contributed by atoms with Crippen LogP contribution in [0.3, 0.4) is 0 Å². The number of benzene rings is 1. The molecule has 100 valence electrons. The molecule has 2 rings (SSSR count). The third-order valence-corrected chi connectivity index (χ3v) is 3.15. The number of rotatable bonds is 4. The summed E-state index contributed by atoms with van der Waals surface area (Å²) < 4.78 is 1.54. The van der Waals surface area contributed by atoms with Crippen LogP contribution in [-0.4, -0.2) is 25.8 Å². The van der Waals surface area contributed by atoms with Gasteiger partial charge >= 0.3 is 5.97 Å². The van der Waals surface area contributed by atoms with E-state index in [4.69, 9.17) is 16.7 Å². The van der Waals surface area contributed by atoms with E-state index in [9.17, 15) is 4.79 Å². The Hall–Kier alpha value is -1.88. The Bertz CT molecular complexity index is 622. The molecule has 1 heterocycles. The first-order chi connectivity index (χ1) is 9.02. The van der Waals surface area contributed by atoms with Gasteiger partial charge in [0.1, 0.15) is 5.82 Å². The van der Waals surface area contributed by atoms with E-state index >= 15 is 0 Å². The maximum Gasteiger partial charge on any atom is 0.375 e. The van der Waals surface area contributed by atoms with Gasteiger partial charge in [0.25, 0.3) is 5.82 Å². The molecule has 2 aromatic rings. The SMILES string of the molecule is CCCc1nc(C(=O)O)nn1-c1ccc(C)c(Cl)c1. The van der Waals surface area contributed by atoms with Crippen LogP contribution in [0, 0.1) is 6.92 Å². The molecule has 19 heavy (non-hydrogen) atoms. The fourth-order valence-corrected chi connectivity index (χ4v) is 1.92. The minimum atomic E-state index is -1.13. The molecule has 0 amide bonds. The summed E-state index contributed by atoms with van der Waals surface area (Å²) in [5.41, 5.74) is 1.68. The van der Waals surface area contributed by atoms with E-state index in [0.29, 0.717) is 17.3 Å². The molecular weight excluding hydrogens is 266 g/mol. The van der Waals surface area contributed by atoms with E-state index < -0.39 is 5.97 Å². The summed E-state index contributed by atoms with van der Waals surface area (Å²) in [6.45, 7) is 3.91. The Labute approximate surface area is 115 Å². The number of carboxylic acid groups (broad SMARTS) is 1. The molecule has 0 unspecified atom stereocenters. The summed E-state index contributed by atoms with van der Waals surface area (Å²) in [5.74, 6) is -0.700. The maximum atomic E-state index is 11.0. The van der Waals surface area contributed by atoms with E-state index in [0.717, 1.165) is 17.7 Å². The van der Waals surface area contributed by atoms with E-state index in [1.165, 1.54) is 4.68 Å². The van der Waals surface area contributed by atoms with E-state index in [2.05, 4.69) is 10.1 Å². The Balaban J connectivity index is 2.52. The molecule has 0 fully saturated rings. The molecule has 0 aliphatic heterocycles. The number of aryl methyl sites for hydroxylation is 2. The van der Waals surface area contributed by atoms with Crippen molar-refractivity contribution in [3.05, 3.63) is 40.4 Å². The minimum Gasteiger partial charge on any atom is -0.475 e. The molecule has 1 aromatic heterocycles. The first-order valence-electron chi connectivity index (χ1n) is 5.98. The van der Waals surface area contributed by atoms with Crippen molar-refractivity contribution in [1.29, 1.82) is 0 Å². The second-order valence-electron chi connectivity index (χ2n) is 4.25. The van der Waals surface area contributed by atoms with Crippen molar-refractivity contribution in [2.75, 3.05) is 0 Å². The lowest BCUT2D eigenvalue weighted by molar-refractivity contribution is 0.0683. The number of carbonyl (C=O) groups is 1. The number of aromatic carboxylic acids is 1. The van der Waals surface area contributed by atoms with Crippen molar-refractivity contribution in [2.45, 2.75) is 26.7 Å². The van der Waals surface area contributed by atoms with Crippen LogP contribution >= 0.6 is 11.6 Å². The van der Waals surface area contributed by atoms with Crippen molar-refractivity contribution in [3.8, 4) is 5.69 Å². The summed E-state index contributed by atoms with van der Waals surface area (Å²) in [6, 6.07) is 5.48. The smallest absolute Gasteiger partial charge is 0.375 e. The molecule has 0 atom stereocenters. The maximum absolute atomic E-state index is 11.0. The summed E-state index contributed by atoms with van der Waals surface area (Å²) >= 11 is 6.08. The molecule has 0 saturated heterocycles. The van der Waals surface area contributed by atoms with Crippen LogP contribution in [0.1, 0.15) is 35.4 Å². The van der Waals surface area contributed by atoms with E-state index in [-0.39, 0.29) is 5.82 Å². The second-order valence-corrected chi connectivity index (χ2v) is 4.66. The summed E-state index contributed by atoms with van der Waals surface area (Å²) in [5, 5.41) is 13.6. The Morgan fingerprint density at radius 3 is 2.79 bits per heavy atom. The highest BCUT2D eigenvalue weighted by Gasteiger charge is 2.16. The first kappa shape index (κ1) is 13.5.